The highest BCUT2D eigenvalue weighted by Gasteiger charge is 2.12. The molecule has 0 bridgehead atoms. The standard InChI is InChI=1S/C14H20N2O/c1-3-10(2)8-14(17)16-12-4-5-13-11(9-12)6-7-15-13/h4-5,9-10,15H,3,6-8H2,1-2H3,(H,16,17). The molecule has 3 heteroatoms. The van der Waals surface area contributed by atoms with Crippen LogP contribution in [0.4, 0.5) is 11.4 Å². The van der Waals surface area contributed by atoms with Crippen LogP contribution in [0.25, 0.3) is 0 Å². The Morgan fingerprint density at radius 3 is 3.12 bits per heavy atom. The first-order valence-corrected chi connectivity index (χ1v) is 6.35. The van der Waals surface area contributed by atoms with Crippen LogP contribution < -0.4 is 10.6 Å². The van der Waals surface area contributed by atoms with Crippen molar-refractivity contribution in [1.29, 1.82) is 0 Å². The van der Waals surface area contributed by atoms with Gasteiger partial charge in [-0.2, -0.15) is 0 Å². The van der Waals surface area contributed by atoms with Gasteiger partial charge in [0.1, 0.15) is 0 Å². The first-order chi connectivity index (χ1) is 8.19. The van der Waals surface area contributed by atoms with Crippen molar-refractivity contribution in [3.8, 4) is 0 Å². The molecule has 1 heterocycles. The highest BCUT2D eigenvalue weighted by atomic mass is 16.1. The molecule has 0 radical (unpaired) electrons. The summed E-state index contributed by atoms with van der Waals surface area (Å²) >= 11 is 0. The second kappa shape index (κ2) is 5.21. The fourth-order valence-electron chi connectivity index (χ4n) is 2.06. The van der Waals surface area contributed by atoms with Gasteiger partial charge in [0.15, 0.2) is 0 Å². The second-order valence-electron chi connectivity index (χ2n) is 4.81. The zero-order valence-corrected chi connectivity index (χ0v) is 10.5. The van der Waals surface area contributed by atoms with Gasteiger partial charge in [-0.05, 0) is 36.1 Å². The van der Waals surface area contributed by atoms with E-state index >= 15 is 0 Å². The lowest BCUT2D eigenvalue weighted by Gasteiger charge is -2.10. The van der Waals surface area contributed by atoms with Gasteiger partial charge in [0.25, 0.3) is 0 Å². The van der Waals surface area contributed by atoms with Crippen LogP contribution in [0.15, 0.2) is 18.2 Å². The molecule has 0 saturated carbocycles. The topological polar surface area (TPSA) is 41.1 Å². The Morgan fingerprint density at radius 2 is 2.35 bits per heavy atom. The zero-order valence-electron chi connectivity index (χ0n) is 10.5. The van der Waals surface area contributed by atoms with Gasteiger partial charge in [0, 0.05) is 24.3 Å². The summed E-state index contributed by atoms with van der Waals surface area (Å²) in [6.07, 6.45) is 2.69. The molecule has 0 spiro atoms. The Morgan fingerprint density at radius 1 is 1.53 bits per heavy atom. The molecule has 1 amide bonds. The van der Waals surface area contributed by atoms with Gasteiger partial charge in [-0.15, -0.1) is 0 Å². The Hall–Kier alpha value is -1.51. The summed E-state index contributed by atoms with van der Waals surface area (Å²) in [6.45, 7) is 5.21. The predicted molar refractivity (Wildman–Crippen MR) is 71.3 cm³/mol. The Kier molecular flexibility index (Phi) is 3.67. The lowest BCUT2D eigenvalue weighted by atomic mass is 10.0. The molecule has 92 valence electrons. The van der Waals surface area contributed by atoms with Gasteiger partial charge in [-0.1, -0.05) is 20.3 Å². The highest BCUT2D eigenvalue weighted by molar-refractivity contribution is 5.91. The molecule has 3 nitrogen and oxygen atoms in total. The Labute approximate surface area is 103 Å². The molecule has 2 N–H and O–H groups in total. The van der Waals surface area contributed by atoms with Crippen molar-refractivity contribution in [1.82, 2.24) is 0 Å². The second-order valence-corrected chi connectivity index (χ2v) is 4.81. The number of carbonyl (C=O) groups excluding carboxylic acids is 1. The maximum Gasteiger partial charge on any atom is 0.224 e. The van der Waals surface area contributed by atoms with Crippen molar-refractivity contribution in [3.63, 3.8) is 0 Å². The van der Waals surface area contributed by atoms with Crippen LogP contribution in [0.3, 0.4) is 0 Å². The van der Waals surface area contributed by atoms with Gasteiger partial charge in [-0.3, -0.25) is 4.79 Å². The van der Waals surface area contributed by atoms with Crippen molar-refractivity contribution in [3.05, 3.63) is 23.8 Å². The minimum Gasteiger partial charge on any atom is -0.384 e. The minimum absolute atomic E-state index is 0.116. The molecule has 1 aromatic rings. The monoisotopic (exact) mass is 232 g/mol. The molecule has 1 unspecified atom stereocenters. The van der Waals surface area contributed by atoms with Crippen molar-refractivity contribution in [2.24, 2.45) is 5.92 Å². The first kappa shape index (κ1) is 12.0. The summed E-state index contributed by atoms with van der Waals surface area (Å²) in [7, 11) is 0. The molecular formula is C14H20N2O. The van der Waals surface area contributed by atoms with E-state index in [1.807, 2.05) is 12.1 Å². The maximum absolute atomic E-state index is 11.8. The first-order valence-electron chi connectivity index (χ1n) is 6.35. The molecule has 0 saturated heterocycles. The number of benzene rings is 1. The molecular weight excluding hydrogens is 212 g/mol. The van der Waals surface area contributed by atoms with Gasteiger partial charge >= 0.3 is 0 Å². The summed E-state index contributed by atoms with van der Waals surface area (Å²) in [4.78, 5) is 11.8. The maximum atomic E-state index is 11.8. The fraction of sp³-hybridized carbons (Fsp3) is 0.500. The van der Waals surface area contributed by atoms with Crippen molar-refractivity contribution < 1.29 is 4.79 Å². The third-order valence-corrected chi connectivity index (χ3v) is 3.33. The van der Waals surface area contributed by atoms with Crippen molar-refractivity contribution in [2.45, 2.75) is 33.1 Å². The number of hydrogen-bond donors (Lipinski definition) is 2. The predicted octanol–water partition coefficient (Wildman–Crippen LogP) is 3.03. The van der Waals surface area contributed by atoms with Crippen LogP contribution in [0.5, 0.6) is 0 Å². The van der Waals surface area contributed by atoms with Crippen LogP contribution in [0.2, 0.25) is 0 Å². The third kappa shape index (κ3) is 2.99. The van der Waals surface area contributed by atoms with Gasteiger partial charge < -0.3 is 10.6 Å². The molecule has 0 aromatic heterocycles. The quantitative estimate of drug-likeness (QED) is 0.837. The lowest BCUT2D eigenvalue weighted by molar-refractivity contribution is -0.117. The summed E-state index contributed by atoms with van der Waals surface area (Å²) in [5.41, 5.74) is 3.41. The summed E-state index contributed by atoms with van der Waals surface area (Å²) < 4.78 is 0. The van der Waals surface area contributed by atoms with E-state index in [1.54, 1.807) is 0 Å². The van der Waals surface area contributed by atoms with Crippen LogP contribution in [-0.4, -0.2) is 12.5 Å². The normalized spacial score (nSPS) is 14.9. The third-order valence-electron chi connectivity index (χ3n) is 3.33. The smallest absolute Gasteiger partial charge is 0.224 e. The summed E-state index contributed by atoms with van der Waals surface area (Å²) in [5.74, 6) is 0.566. The highest BCUT2D eigenvalue weighted by Crippen LogP contribution is 2.25. The van der Waals surface area contributed by atoms with Crippen molar-refractivity contribution in [2.75, 3.05) is 17.2 Å². The molecule has 0 fully saturated rings. The lowest BCUT2D eigenvalue weighted by Crippen LogP contribution is -2.14. The number of anilines is 2. The summed E-state index contributed by atoms with van der Waals surface area (Å²) in [6, 6.07) is 6.08. The number of carbonyl (C=O) groups is 1. The average Bonchev–Trinajstić information content (AvgIpc) is 2.75. The molecule has 1 aliphatic heterocycles. The number of amides is 1. The van der Waals surface area contributed by atoms with Gasteiger partial charge in [-0.25, -0.2) is 0 Å². The largest absolute Gasteiger partial charge is 0.384 e. The zero-order chi connectivity index (χ0) is 12.3. The fourth-order valence-corrected chi connectivity index (χ4v) is 2.06. The van der Waals surface area contributed by atoms with Crippen LogP contribution in [0.1, 0.15) is 32.3 Å². The molecule has 1 atom stereocenters. The van der Waals surface area contributed by atoms with Crippen LogP contribution in [0, 0.1) is 5.92 Å². The Balaban J connectivity index is 1.97. The number of hydrogen-bond acceptors (Lipinski definition) is 2. The molecule has 1 aliphatic rings. The number of fused-ring (bicyclic) bond motifs is 1. The molecule has 2 rings (SSSR count). The SMILES string of the molecule is CCC(C)CC(=O)Nc1ccc2c(c1)CCN2. The molecule has 0 aliphatic carbocycles. The number of nitrogens with one attached hydrogen (secondary N) is 2. The van der Waals surface area contributed by atoms with E-state index in [9.17, 15) is 4.79 Å². The minimum atomic E-state index is 0.116. The number of rotatable bonds is 4. The van der Waals surface area contributed by atoms with E-state index < -0.39 is 0 Å². The van der Waals surface area contributed by atoms with Crippen LogP contribution in [-0.2, 0) is 11.2 Å². The van der Waals surface area contributed by atoms with Crippen LogP contribution >= 0.6 is 0 Å². The van der Waals surface area contributed by atoms with E-state index in [1.165, 1.54) is 11.3 Å². The average molecular weight is 232 g/mol. The van der Waals surface area contributed by atoms with E-state index in [2.05, 4.69) is 30.5 Å². The van der Waals surface area contributed by atoms with Gasteiger partial charge in [0.2, 0.25) is 5.91 Å². The summed E-state index contributed by atoms with van der Waals surface area (Å²) in [5, 5.41) is 6.28. The van der Waals surface area contributed by atoms with E-state index in [0.29, 0.717) is 12.3 Å². The van der Waals surface area contributed by atoms with Crippen molar-refractivity contribution >= 4 is 17.3 Å². The van der Waals surface area contributed by atoms with E-state index in [0.717, 1.165) is 25.1 Å². The van der Waals surface area contributed by atoms with E-state index in [-0.39, 0.29) is 5.91 Å². The Bertz CT molecular complexity index is 415. The van der Waals surface area contributed by atoms with Gasteiger partial charge in [0.05, 0.1) is 0 Å². The molecule has 1 aromatic carbocycles. The van der Waals surface area contributed by atoms with E-state index in [4.69, 9.17) is 0 Å². The molecule has 17 heavy (non-hydrogen) atoms.